The third kappa shape index (κ3) is 11.1. The highest BCUT2D eigenvalue weighted by molar-refractivity contribution is 7.80. The summed E-state index contributed by atoms with van der Waals surface area (Å²) in [6, 6.07) is 6.12. The van der Waals surface area contributed by atoms with Crippen LogP contribution in [0.2, 0.25) is 0 Å². The Bertz CT molecular complexity index is 892. The van der Waals surface area contributed by atoms with Crippen LogP contribution in [0.15, 0.2) is 24.3 Å². The van der Waals surface area contributed by atoms with E-state index in [1.165, 1.54) is 32.1 Å². The van der Waals surface area contributed by atoms with Crippen molar-refractivity contribution in [1.82, 2.24) is 15.5 Å². The molecule has 1 saturated heterocycles. The first-order chi connectivity index (χ1) is 17.8. The number of unbranched alkanes of at least 4 members (excludes halogenated alkanes) is 7. The molecular formula is C28H43N3O5S. The van der Waals surface area contributed by atoms with E-state index >= 15 is 0 Å². The number of amides is 2. The van der Waals surface area contributed by atoms with Gasteiger partial charge in [0.1, 0.15) is 11.8 Å². The molecule has 1 aliphatic rings. The summed E-state index contributed by atoms with van der Waals surface area (Å²) in [4.78, 5) is 39.6. The molecule has 0 radical (unpaired) electrons. The molecule has 1 unspecified atom stereocenters. The average Bonchev–Trinajstić information content (AvgIpc) is 2.87. The zero-order valence-corrected chi connectivity index (χ0v) is 23.4. The van der Waals surface area contributed by atoms with Crippen LogP contribution in [0.4, 0.5) is 0 Å². The molecular weight excluding hydrogens is 490 g/mol. The Balaban J connectivity index is 1.85. The Morgan fingerprint density at radius 2 is 1.78 bits per heavy atom. The van der Waals surface area contributed by atoms with Gasteiger partial charge in [0, 0.05) is 13.1 Å². The van der Waals surface area contributed by atoms with Gasteiger partial charge >= 0.3 is 5.97 Å². The van der Waals surface area contributed by atoms with E-state index in [9.17, 15) is 14.4 Å². The Morgan fingerprint density at radius 3 is 2.49 bits per heavy atom. The molecule has 1 aliphatic heterocycles. The van der Waals surface area contributed by atoms with E-state index in [4.69, 9.17) is 21.7 Å². The molecule has 9 heteroatoms. The molecule has 2 rings (SSSR count). The summed E-state index contributed by atoms with van der Waals surface area (Å²) in [6.45, 7) is 7.83. The van der Waals surface area contributed by atoms with Gasteiger partial charge in [-0.3, -0.25) is 19.7 Å². The average molecular weight is 534 g/mol. The third-order valence-corrected chi connectivity index (χ3v) is 6.47. The second-order valence-electron chi connectivity index (χ2n) is 9.86. The minimum Gasteiger partial charge on any atom is -0.492 e. The number of nitrogens with one attached hydrogen (secondary N) is 2. The molecule has 0 bridgehead atoms. The molecule has 8 nitrogen and oxygen atoms in total. The Hall–Kier alpha value is -2.68. The maximum atomic E-state index is 13.0. The molecule has 0 spiro atoms. The number of nitrogens with zero attached hydrogens (tertiary/aromatic N) is 1. The van der Waals surface area contributed by atoms with Crippen LogP contribution in [-0.2, 0) is 14.3 Å². The van der Waals surface area contributed by atoms with Crippen LogP contribution < -0.4 is 15.4 Å². The lowest BCUT2D eigenvalue weighted by Crippen LogP contribution is -2.60. The van der Waals surface area contributed by atoms with Gasteiger partial charge in [-0.2, -0.15) is 0 Å². The number of para-hydroxylation sites is 1. The minimum atomic E-state index is -0.833. The molecule has 1 atom stereocenters. The summed E-state index contributed by atoms with van der Waals surface area (Å²) < 4.78 is 11.2. The number of carbonyl (C=O) groups is 3. The van der Waals surface area contributed by atoms with E-state index < -0.39 is 17.9 Å². The molecule has 37 heavy (non-hydrogen) atoms. The van der Waals surface area contributed by atoms with Gasteiger partial charge in [-0.05, 0) is 36.7 Å². The number of ether oxygens (including phenoxy) is 2. The van der Waals surface area contributed by atoms with Gasteiger partial charge in [-0.1, -0.05) is 77.8 Å². The highest BCUT2D eigenvalue weighted by atomic mass is 32.1. The van der Waals surface area contributed by atoms with Gasteiger partial charge in [-0.15, -0.1) is 0 Å². The zero-order valence-electron chi connectivity index (χ0n) is 22.6. The molecule has 1 aromatic rings. The number of esters is 1. The Kier molecular flexibility index (Phi) is 14.0. The second kappa shape index (κ2) is 16.9. The maximum absolute atomic E-state index is 13.0. The normalized spacial score (nSPS) is 15.3. The van der Waals surface area contributed by atoms with Crippen molar-refractivity contribution in [2.45, 2.75) is 84.6 Å². The number of carbonyl (C=O) groups excluding carboxylic acids is 3. The summed E-state index contributed by atoms with van der Waals surface area (Å²) in [5, 5.41) is 5.57. The molecule has 0 aliphatic carbocycles. The van der Waals surface area contributed by atoms with Crippen LogP contribution in [0.5, 0.6) is 5.75 Å². The molecule has 1 aromatic carbocycles. The van der Waals surface area contributed by atoms with Crippen LogP contribution in [0.1, 0.15) is 88.9 Å². The summed E-state index contributed by atoms with van der Waals surface area (Å²) in [7, 11) is 0. The number of piperazine rings is 1. The lowest BCUT2D eigenvalue weighted by molar-refractivity contribution is -0.147. The van der Waals surface area contributed by atoms with Crippen molar-refractivity contribution in [1.29, 1.82) is 0 Å². The molecule has 2 N–H and O–H groups in total. The summed E-state index contributed by atoms with van der Waals surface area (Å²) in [5.74, 6) is -0.412. The second-order valence-corrected chi connectivity index (χ2v) is 10.2. The van der Waals surface area contributed by atoms with Crippen molar-refractivity contribution in [3.05, 3.63) is 29.8 Å². The summed E-state index contributed by atoms with van der Waals surface area (Å²) in [6.07, 6.45) is 9.12. The third-order valence-electron chi connectivity index (χ3n) is 6.14. The lowest BCUT2D eigenvalue weighted by Gasteiger charge is -2.36. The van der Waals surface area contributed by atoms with Gasteiger partial charge < -0.3 is 19.7 Å². The van der Waals surface area contributed by atoms with Crippen molar-refractivity contribution >= 4 is 35.1 Å². The summed E-state index contributed by atoms with van der Waals surface area (Å²) in [5.41, 5.74) is 0.355. The minimum absolute atomic E-state index is 0.0967. The summed E-state index contributed by atoms with van der Waals surface area (Å²) >= 11 is 5.48. The fourth-order valence-corrected chi connectivity index (χ4v) is 4.38. The van der Waals surface area contributed by atoms with Crippen LogP contribution >= 0.6 is 12.2 Å². The number of thiocarbonyl (C=S) groups is 1. The highest BCUT2D eigenvalue weighted by Gasteiger charge is 2.34. The van der Waals surface area contributed by atoms with E-state index in [0.717, 1.165) is 19.3 Å². The van der Waals surface area contributed by atoms with Crippen molar-refractivity contribution in [3.63, 3.8) is 0 Å². The number of hydrogen-bond acceptors (Lipinski definition) is 6. The molecule has 0 saturated carbocycles. The van der Waals surface area contributed by atoms with Crippen molar-refractivity contribution in [2.24, 2.45) is 5.92 Å². The molecule has 2 amide bonds. The zero-order chi connectivity index (χ0) is 27.0. The van der Waals surface area contributed by atoms with Crippen LogP contribution in [0, 0.1) is 5.92 Å². The maximum Gasteiger partial charge on any atom is 0.308 e. The van der Waals surface area contributed by atoms with E-state index in [1.807, 2.05) is 13.8 Å². The van der Waals surface area contributed by atoms with Crippen molar-refractivity contribution in [3.8, 4) is 5.75 Å². The van der Waals surface area contributed by atoms with Gasteiger partial charge in [0.2, 0.25) is 5.91 Å². The van der Waals surface area contributed by atoms with E-state index in [1.54, 1.807) is 29.2 Å². The van der Waals surface area contributed by atoms with Crippen LogP contribution in [0.25, 0.3) is 0 Å². The SMILES string of the molecule is CCCCCCCCCCOC(=O)CC1C(=O)NCCN1C(=S)NC(=O)c1ccccc1OCC(C)C. The molecule has 0 aromatic heterocycles. The molecule has 1 fully saturated rings. The fraction of sp³-hybridized carbons (Fsp3) is 0.643. The molecule has 206 valence electrons. The predicted octanol–water partition coefficient (Wildman–Crippen LogP) is 4.61. The van der Waals surface area contributed by atoms with Gasteiger partial charge in [0.15, 0.2) is 5.11 Å². The smallest absolute Gasteiger partial charge is 0.308 e. The first-order valence-corrected chi connectivity index (χ1v) is 14.0. The number of benzene rings is 1. The Morgan fingerprint density at radius 1 is 1.11 bits per heavy atom. The van der Waals surface area contributed by atoms with Crippen molar-refractivity contribution in [2.75, 3.05) is 26.3 Å². The van der Waals surface area contributed by atoms with Gasteiger partial charge in [0.05, 0.1) is 25.2 Å². The van der Waals surface area contributed by atoms with E-state index in [2.05, 4.69) is 17.6 Å². The molecule has 1 heterocycles. The number of rotatable bonds is 15. The van der Waals surface area contributed by atoms with Gasteiger partial charge in [0.25, 0.3) is 5.91 Å². The monoisotopic (exact) mass is 533 g/mol. The predicted molar refractivity (Wildman–Crippen MR) is 149 cm³/mol. The van der Waals surface area contributed by atoms with Gasteiger partial charge in [-0.25, -0.2) is 0 Å². The van der Waals surface area contributed by atoms with E-state index in [-0.39, 0.29) is 17.4 Å². The fourth-order valence-electron chi connectivity index (χ4n) is 4.07. The Labute approximate surface area is 226 Å². The first kappa shape index (κ1) is 30.5. The first-order valence-electron chi connectivity index (χ1n) is 13.6. The quantitative estimate of drug-likeness (QED) is 0.193. The number of hydrogen-bond donors (Lipinski definition) is 2. The largest absolute Gasteiger partial charge is 0.492 e. The lowest BCUT2D eigenvalue weighted by atomic mass is 10.1. The van der Waals surface area contributed by atoms with Crippen LogP contribution in [0.3, 0.4) is 0 Å². The highest BCUT2D eigenvalue weighted by Crippen LogP contribution is 2.19. The topological polar surface area (TPSA) is 97.0 Å². The van der Waals surface area contributed by atoms with E-state index in [0.29, 0.717) is 43.5 Å². The van der Waals surface area contributed by atoms with Crippen molar-refractivity contribution < 1.29 is 23.9 Å². The van der Waals surface area contributed by atoms with Crippen LogP contribution in [-0.4, -0.2) is 60.1 Å². The standard InChI is InChI=1S/C28H43N3O5S/c1-4-5-6-7-8-9-10-13-18-35-25(32)19-23-27(34)29-16-17-31(23)28(37)30-26(33)22-14-11-12-15-24(22)36-20-21(2)3/h11-12,14-15,21,23H,4-10,13,16-20H2,1-3H3,(H,29,34)(H,30,33,37).